The Morgan fingerprint density at radius 2 is 1.57 bits per heavy atom. The molecule has 0 unspecified atom stereocenters. The normalized spacial score (nSPS) is 12.1. The van der Waals surface area contributed by atoms with Crippen LogP contribution in [0.25, 0.3) is 11.1 Å². The molecule has 1 heterocycles. The molecule has 44 heavy (non-hydrogen) atoms. The number of carbonyl (C=O) groups is 2. The molecular weight excluding hydrogens is 576 g/mol. The second kappa shape index (κ2) is 14.4. The molecule has 0 bridgehead atoms. The summed E-state index contributed by atoms with van der Waals surface area (Å²) >= 11 is 0. The lowest BCUT2D eigenvalue weighted by Crippen LogP contribution is -2.48. The Kier molecular flexibility index (Phi) is 10.6. The zero-order valence-corrected chi connectivity index (χ0v) is 26.6. The first-order chi connectivity index (χ1) is 21.0. The number of benzene rings is 3. The quantitative estimate of drug-likeness (QED) is 0.194. The molecule has 0 saturated carbocycles. The summed E-state index contributed by atoms with van der Waals surface area (Å²) < 4.78 is 34.2. The van der Waals surface area contributed by atoms with Gasteiger partial charge in [0.05, 0.1) is 10.6 Å². The van der Waals surface area contributed by atoms with E-state index in [4.69, 9.17) is 4.52 Å². The summed E-state index contributed by atoms with van der Waals surface area (Å²) in [7, 11) is -2.27. The molecule has 9 nitrogen and oxygen atoms in total. The Morgan fingerprint density at radius 1 is 0.909 bits per heavy atom. The van der Waals surface area contributed by atoms with Gasteiger partial charge in [-0.15, -0.1) is 0 Å². The summed E-state index contributed by atoms with van der Waals surface area (Å²) in [6.45, 7) is 7.81. The number of hydrogen-bond donors (Lipinski definition) is 2. The summed E-state index contributed by atoms with van der Waals surface area (Å²) in [6, 6.07) is 23.3. The number of sulfonamides is 1. The van der Waals surface area contributed by atoms with E-state index in [9.17, 15) is 18.0 Å². The first kappa shape index (κ1) is 32.5. The van der Waals surface area contributed by atoms with Gasteiger partial charge < -0.3 is 14.7 Å². The van der Waals surface area contributed by atoms with Gasteiger partial charge in [-0.25, -0.2) is 13.1 Å². The molecule has 10 heteroatoms. The Labute approximate surface area is 259 Å². The van der Waals surface area contributed by atoms with E-state index in [1.165, 1.54) is 6.07 Å². The van der Waals surface area contributed by atoms with Gasteiger partial charge in [0.2, 0.25) is 17.7 Å². The minimum Gasteiger partial charge on any atom is -0.350 e. The maximum Gasteiger partial charge on any atom is 0.264 e. The van der Waals surface area contributed by atoms with Crippen LogP contribution in [0.15, 0.2) is 88.3 Å². The minimum absolute atomic E-state index is 0.0734. The fourth-order valence-electron chi connectivity index (χ4n) is 4.87. The number of rotatable bonds is 13. The topological polar surface area (TPSA) is 122 Å². The second-order valence-electron chi connectivity index (χ2n) is 11.4. The SMILES string of the molecule is Cc1noc(NS(=O)(=O)c2ccccc2-c2ccc(CNC(=O)[C@H](CC(C)C)N(C)C(=O)CCc3ccccc3)cc2)c1C. The highest BCUT2D eigenvalue weighted by Crippen LogP contribution is 2.30. The molecule has 3 aromatic carbocycles. The minimum atomic E-state index is -3.96. The summed E-state index contributed by atoms with van der Waals surface area (Å²) in [5, 5.41) is 6.81. The van der Waals surface area contributed by atoms with E-state index in [1.807, 2.05) is 68.4 Å². The standard InChI is InChI=1S/C34H40N4O5S/c1-23(2)21-30(38(5)32(39)20-17-26-11-7-6-8-12-26)33(40)35-22-27-15-18-28(19-16-27)29-13-9-10-14-31(29)44(41,42)37-34-24(3)25(4)36-43-34/h6-16,18-19,23,30,37H,17,20-22H2,1-5H3,(H,35,40)/t30-/m0/s1. The molecule has 232 valence electrons. The molecule has 1 aromatic heterocycles. The lowest BCUT2D eigenvalue weighted by molar-refractivity contribution is -0.139. The Bertz CT molecular complexity index is 1680. The van der Waals surface area contributed by atoms with Crippen LogP contribution in [0.5, 0.6) is 0 Å². The van der Waals surface area contributed by atoms with E-state index in [1.54, 1.807) is 44.0 Å². The monoisotopic (exact) mass is 616 g/mol. The van der Waals surface area contributed by atoms with Crippen molar-refractivity contribution in [3.63, 3.8) is 0 Å². The van der Waals surface area contributed by atoms with Gasteiger partial charge in [-0.1, -0.05) is 91.8 Å². The van der Waals surface area contributed by atoms with Gasteiger partial charge in [0, 0.05) is 31.1 Å². The van der Waals surface area contributed by atoms with Gasteiger partial charge in [-0.2, -0.15) is 0 Å². The van der Waals surface area contributed by atoms with Gasteiger partial charge in [-0.3, -0.25) is 9.59 Å². The summed E-state index contributed by atoms with van der Waals surface area (Å²) in [4.78, 5) is 28.0. The van der Waals surface area contributed by atoms with Crippen molar-refractivity contribution in [2.45, 2.75) is 64.4 Å². The first-order valence-electron chi connectivity index (χ1n) is 14.7. The van der Waals surface area contributed by atoms with Crippen molar-refractivity contribution in [1.29, 1.82) is 0 Å². The van der Waals surface area contributed by atoms with Crippen LogP contribution in [0.1, 0.15) is 49.1 Å². The lowest BCUT2D eigenvalue weighted by atomic mass is 10.0. The van der Waals surface area contributed by atoms with Crippen molar-refractivity contribution in [3.8, 4) is 11.1 Å². The maximum absolute atomic E-state index is 13.3. The largest absolute Gasteiger partial charge is 0.350 e. The van der Waals surface area contributed by atoms with E-state index < -0.39 is 16.1 Å². The number of anilines is 1. The molecule has 0 fully saturated rings. The van der Waals surface area contributed by atoms with Crippen molar-refractivity contribution in [2.75, 3.05) is 11.8 Å². The molecule has 0 aliphatic carbocycles. The average Bonchev–Trinajstić information content (AvgIpc) is 3.33. The number of nitrogens with one attached hydrogen (secondary N) is 2. The predicted molar refractivity (Wildman–Crippen MR) is 171 cm³/mol. The molecule has 0 aliphatic rings. The van der Waals surface area contributed by atoms with Crippen LogP contribution in [0.4, 0.5) is 5.88 Å². The third kappa shape index (κ3) is 8.13. The molecule has 1 atom stereocenters. The van der Waals surface area contributed by atoms with E-state index in [0.29, 0.717) is 41.6 Å². The molecule has 0 aliphatic heterocycles. The maximum atomic E-state index is 13.3. The zero-order chi connectivity index (χ0) is 31.9. The third-order valence-electron chi connectivity index (χ3n) is 7.62. The van der Waals surface area contributed by atoms with E-state index in [2.05, 4.69) is 15.2 Å². The van der Waals surface area contributed by atoms with Crippen LogP contribution in [-0.4, -0.2) is 43.4 Å². The number of aromatic nitrogens is 1. The van der Waals surface area contributed by atoms with E-state index >= 15 is 0 Å². The van der Waals surface area contributed by atoms with Gasteiger partial charge >= 0.3 is 0 Å². The van der Waals surface area contributed by atoms with Crippen LogP contribution in [0.3, 0.4) is 0 Å². The number of carbonyl (C=O) groups excluding carboxylic acids is 2. The van der Waals surface area contributed by atoms with E-state index in [0.717, 1.165) is 11.1 Å². The zero-order valence-electron chi connectivity index (χ0n) is 25.8. The Hall–Kier alpha value is -4.44. The number of likely N-dealkylation sites (N-methyl/N-ethyl adjacent to an activating group) is 1. The molecule has 4 aromatic rings. The van der Waals surface area contributed by atoms with Gasteiger partial charge in [0.25, 0.3) is 10.0 Å². The van der Waals surface area contributed by atoms with Gasteiger partial charge in [0.15, 0.2) is 0 Å². The highest BCUT2D eigenvalue weighted by molar-refractivity contribution is 7.92. The molecule has 0 spiro atoms. The van der Waals surface area contributed by atoms with Crippen LogP contribution >= 0.6 is 0 Å². The van der Waals surface area contributed by atoms with Crippen LogP contribution < -0.4 is 10.0 Å². The molecular formula is C34H40N4O5S. The third-order valence-corrected chi connectivity index (χ3v) is 9.01. The van der Waals surface area contributed by atoms with Crippen molar-refractivity contribution in [3.05, 3.63) is 101 Å². The molecule has 0 saturated heterocycles. The predicted octanol–water partition coefficient (Wildman–Crippen LogP) is 5.88. The number of amides is 2. The summed E-state index contributed by atoms with van der Waals surface area (Å²) in [5.74, 6) is 0.0226. The van der Waals surface area contributed by atoms with Crippen molar-refractivity contribution < 1.29 is 22.5 Å². The van der Waals surface area contributed by atoms with Crippen LogP contribution in [0.2, 0.25) is 0 Å². The molecule has 2 N–H and O–H groups in total. The second-order valence-corrected chi connectivity index (χ2v) is 13.0. The number of hydrogen-bond acceptors (Lipinski definition) is 6. The number of nitrogens with zero attached hydrogens (tertiary/aromatic N) is 2. The molecule has 2 amide bonds. The van der Waals surface area contributed by atoms with Crippen LogP contribution in [-0.2, 0) is 32.6 Å². The van der Waals surface area contributed by atoms with Crippen molar-refractivity contribution >= 4 is 27.7 Å². The molecule has 4 rings (SSSR count). The smallest absolute Gasteiger partial charge is 0.264 e. The lowest BCUT2D eigenvalue weighted by Gasteiger charge is -2.29. The van der Waals surface area contributed by atoms with Gasteiger partial charge in [0.1, 0.15) is 6.04 Å². The highest BCUT2D eigenvalue weighted by Gasteiger charge is 2.27. The Morgan fingerprint density at radius 3 is 2.20 bits per heavy atom. The van der Waals surface area contributed by atoms with E-state index in [-0.39, 0.29) is 35.1 Å². The average molecular weight is 617 g/mol. The fourth-order valence-corrected chi connectivity index (χ4v) is 6.15. The molecule has 0 radical (unpaired) electrons. The summed E-state index contributed by atoms with van der Waals surface area (Å²) in [5.41, 5.74) is 4.38. The summed E-state index contributed by atoms with van der Waals surface area (Å²) in [6.07, 6.45) is 1.49. The fraction of sp³-hybridized carbons (Fsp3) is 0.324. The van der Waals surface area contributed by atoms with Crippen LogP contribution in [0, 0.1) is 19.8 Å². The Balaban J connectivity index is 1.42. The van der Waals surface area contributed by atoms with Gasteiger partial charge in [-0.05, 0) is 55.4 Å². The first-order valence-corrected chi connectivity index (χ1v) is 16.2. The number of aryl methyl sites for hydroxylation is 2. The highest BCUT2D eigenvalue weighted by atomic mass is 32.2. The van der Waals surface area contributed by atoms with Crippen molar-refractivity contribution in [2.24, 2.45) is 5.92 Å². The van der Waals surface area contributed by atoms with Crippen molar-refractivity contribution in [1.82, 2.24) is 15.4 Å².